The molecule has 3 rings (SSSR count). The van der Waals surface area contributed by atoms with Crippen LogP contribution in [0.15, 0.2) is 40.9 Å². The van der Waals surface area contributed by atoms with Crippen LogP contribution in [0.4, 0.5) is 0 Å². The number of nitrogens with zero attached hydrogens (tertiary/aromatic N) is 2. The lowest BCUT2D eigenvalue weighted by atomic mass is 10.0. The van der Waals surface area contributed by atoms with Crippen LogP contribution < -0.4 is 26.6 Å². The van der Waals surface area contributed by atoms with Gasteiger partial charge in [0, 0.05) is 26.1 Å². The van der Waals surface area contributed by atoms with Crippen molar-refractivity contribution < 1.29 is 33.3 Å². The van der Waals surface area contributed by atoms with Crippen molar-refractivity contribution in [3.05, 3.63) is 53.4 Å². The zero-order chi connectivity index (χ0) is 33.1. The number of benzene rings is 1. The van der Waals surface area contributed by atoms with Gasteiger partial charge in [-0.05, 0) is 38.2 Å². The van der Waals surface area contributed by atoms with E-state index in [-0.39, 0.29) is 38.3 Å². The van der Waals surface area contributed by atoms with Crippen molar-refractivity contribution in [1.29, 1.82) is 0 Å². The number of amides is 6. The highest BCUT2D eigenvalue weighted by Gasteiger charge is 2.32. The molecule has 14 nitrogen and oxygen atoms in total. The number of hydrogen-bond acceptors (Lipinski definition) is 8. The Hall–Kier alpha value is -4.75. The van der Waals surface area contributed by atoms with E-state index in [1.54, 1.807) is 26.8 Å². The Morgan fingerprint density at radius 3 is 2.40 bits per heavy atom. The molecule has 1 saturated heterocycles. The summed E-state index contributed by atoms with van der Waals surface area (Å²) in [5.74, 6) is -3.24. The summed E-state index contributed by atoms with van der Waals surface area (Å²) in [6.45, 7) is 6.57. The second-order valence-corrected chi connectivity index (χ2v) is 11.6. The fourth-order valence-corrected chi connectivity index (χ4v) is 4.83. The topological polar surface area (TPSA) is 192 Å². The predicted molar refractivity (Wildman–Crippen MR) is 163 cm³/mol. The number of carbonyl (C=O) groups is 6. The van der Waals surface area contributed by atoms with E-state index in [9.17, 15) is 28.8 Å². The monoisotopic (exact) mass is 625 g/mol. The summed E-state index contributed by atoms with van der Waals surface area (Å²) in [5.41, 5.74) is 1.41. The van der Waals surface area contributed by atoms with Crippen molar-refractivity contribution >= 4 is 35.4 Å². The van der Waals surface area contributed by atoms with Gasteiger partial charge in [-0.1, -0.05) is 49.3 Å². The van der Waals surface area contributed by atoms with Gasteiger partial charge in [0.05, 0.1) is 18.7 Å². The van der Waals surface area contributed by atoms with Crippen LogP contribution in [0.1, 0.15) is 50.6 Å². The van der Waals surface area contributed by atoms with Gasteiger partial charge in [0.25, 0.3) is 0 Å². The molecule has 0 saturated carbocycles. The maximum atomic E-state index is 13.4. The number of nitrogens with one attached hydrogen (secondary N) is 5. The molecule has 45 heavy (non-hydrogen) atoms. The van der Waals surface area contributed by atoms with Gasteiger partial charge in [0.1, 0.15) is 29.9 Å². The molecular weight excluding hydrogens is 582 g/mol. The zero-order valence-electron chi connectivity index (χ0n) is 26.3. The van der Waals surface area contributed by atoms with E-state index in [0.717, 1.165) is 5.56 Å². The lowest BCUT2D eigenvalue weighted by Crippen LogP contribution is -2.59. The summed E-state index contributed by atoms with van der Waals surface area (Å²) >= 11 is 0. The first-order chi connectivity index (χ1) is 21.3. The first-order valence-electron chi connectivity index (χ1n) is 15.0. The number of rotatable bonds is 6. The Morgan fingerprint density at radius 2 is 1.76 bits per heavy atom. The second-order valence-electron chi connectivity index (χ2n) is 11.6. The maximum absolute atomic E-state index is 13.4. The van der Waals surface area contributed by atoms with Crippen LogP contribution in [-0.4, -0.2) is 89.8 Å². The fourth-order valence-electron chi connectivity index (χ4n) is 4.83. The maximum Gasteiger partial charge on any atom is 0.245 e. The number of aromatic nitrogens is 1. The molecule has 0 spiro atoms. The number of aryl methyl sites for hydroxylation is 1. The van der Waals surface area contributed by atoms with Gasteiger partial charge in [-0.15, -0.1) is 0 Å². The van der Waals surface area contributed by atoms with Crippen molar-refractivity contribution in [2.24, 2.45) is 5.92 Å². The van der Waals surface area contributed by atoms with Crippen molar-refractivity contribution in [2.45, 2.75) is 77.5 Å². The van der Waals surface area contributed by atoms with Crippen LogP contribution in [0.2, 0.25) is 0 Å². The average Bonchev–Trinajstić information content (AvgIpc) is 3.40. The molecule has 1 aromatic heterocycles. The van der Waals surface area contributed by atoms with Gasteiger partial charge in [-0.2, -0.15) is 0 Å². The third-order valence-corrected chi connectivity index (χ3v) is 7.31. The Balaban J connectivity index is 1.81. The van der Waals surface area contributed by atoms with Crippen molar-refractivity contribution in [2.75, 3.05) is 20.1 Å². The molecule has 4 atom stereocenters. The largest absolute Gasteiger partial charge is 0.361 e. The molecule has 0 unspecified atom stereocenters. The summed E-state index contributed by atoms with van der Waals surface area (Å²) in [5, 5.41) is 17.2. The summed E-state index contributed by atoms with van der Waals surface area (Å²) in [4.78, 5) is 80.0. The lowest BCUT2D eigenvalue weighted by Gasteiger charge is -2.28. The van der Waals surface area contributed by atoms with Crippen LogP contribution in [0.3, 0.4) is 0 Å². The zero-order valence-corrected chi connectivity index (χ0v) is 26.3. The number of likely N-dealkylation sites (N-methyl/N-ethyl adjacent to an activating group) is 1. The van der Waals surface area contributed by atoms with Crippen LogP contribution in [0.5, 0.6) is 0 Å². The molecule has 5 N–H and O–H groups in total. The highest BCUT2D eigenvalue weighted by atomic mass is 16.5. The van der Waals surface area contributed by atoms with E-state index < -0.39 is 59.6 Å². The average molecular weight is 626 g/mol. The molecule has 1 aliphatic rings. The first-order valence-corrected chi connectivity index (χ1v) is 15.0. The molecule has 0 bridgehead atoms. The van der Waals surface area contributed by atoms with E-state index in [1.807, 2.05) is 30.3 Å². The molecule has 6 amide bonds. The smallest absolute Gasteiger partial charge is 0.245 e. The molecule has 2 heterocycles. The van der Waals surface area contributed by atoms with E-state index >= 15 is 0 Å². The molecular formula is C31H43N7O7. The summed E-state index contributed by atoms with van der Waals surface area (Å²) in [6, 6.07) is 6.60. The quantitative estimate of drug-likeness (QED) is 0.290. The van der Waals surface area contributed by atoms with Crippen LogP contribution in [0.25, 0.3) is 0 Å². The van der Waals surface area contributed by atoms with Gasteiger partial charge in [0.2, 0.25) is 35.4 Å². The minimum atomic E-state index is -1.06. The standard InChI is InChI=1S/C31H43N7O7/c1-18(2)27-30(43)33-20(4)28(41)35-24(15-21-10-7-6-8-11-21)31(44)38(5)17-26(40)32-13-9-12-23(29(42)36-27)34-25(39)16-22-14-19(3)37-45-22/h6-8,10-11,14,18,20,23-24,27H,9,12-13,15-17H2,1-5H3,(H,32,40)(H,33,43)(H,34,39)(H,35,41)(H,36,42)/t20-,23+,24+,27-/m1/s1. The first kappa shape index (κ1) is 34.7. The van der Waals surface area contributed by atoms with Gasteiger partial charge in [-0.3, -0.25) is 28.8 Å². The predicted octanol–water partition coefficient (Wildman–Crippen LogP) is -0.248. The molecule has 1 aliphatic heterocycles. The lowest BCUT2D eigenvalue weighted by molar-refractivity contribution is -0.139. The summed E-state index contributed by atoms with van der Waals surface area (Å²) < 4.78 is 5.10. The van der Waals surface area contributed by atoms with Gasteiger partial charge >= 0.3 is 0 Å². The second kappa shape index (κ2) is 16.4. The number of carbonyl (C=O) groups excluding carboxylic acids is 6. The number of hydrogen-bond donors (Lipinski definition) is 5. The van der Waals surface area contributed by atoms with Gasteiger partial charge in [0.15, 0.2) is 0 Å². The highest BCUT2D eigenvalue weighted by Crippen LogP contribution is 2.09. The molecule has 0 aliphatic carbocycles. The third kappa shape index (κ3) is 10.7. The minimum Gasteiger partial charge on any atom is -0.361 e. The fraction of sp³-hybridized carbons (Fsp3) is 0.516. The van der Waals surface area contributed by atoms with E-state index in [0.29, 0.717) is 17.9 Å². The van der Waals surface area contributed by atoms with Gasteiger partial charge in [-0.25, -0.2) is 0 Å². The summed E-state index contributed by atoms with van der Waals surface area (Å²) in [6.07, 6.45) is 0.484. The van der Waals surface area contributed by atoms with Crippen LogP contribution in [0, 0.1) is 12.8 Å². The Morgan fingerprint density at radius 1 is 1.04 bits per heavy atom. The minimum absolute atomic E-state index is 0.145. The van der Waals surface area contributed by atoms with Crippen LogP contribution >= 0.6 is 0 Å². The Bertz CT molecular complexity index is 1360. The van der Waals surface area contributed by atoms with E-state index in [4.69, 9.17) is 4.52 Å². The van der Waals surface area contributed by atoms with Crippen molar-refractivity contribution in [1.82, 2.24) is 36.6 Å². The molecule has 14 heteroatoms. The Kier molecular flexibility index (Phi) is 12.6. The van der Waals surface area contributed by atoms with Gasteiger partial charge < -0.3 is 36.0 Å². The molecule has 2 aromatic rings. The molecule has 244 valence electrons. The third-order valence-electron chi connectivity index (χ3n) is 7.31. The van der Waals surface area contributed by atoms with Crippen molar-refractivity contribution in [3.8, 4) is 0 Å². The van der Waals surface area contributed by atoms with Crippen molar-refractivity contribution in [3.63, 3.8) is 0 Å². The highest BCUT2D eigenvalue weighted by molar-refractivity contribution is 5.96. The SMILES string of the molecule is Cc1cc(CC(=O)N[C@H]2CCCNC(=O)CN(C)C(=O)[C@H](Cc3ccccc3)NC(=O)[C@@H](C)NC(=O)[C@@H](C(C)C)NC2=O)on1. The van der Waals surface area contributed by atoms with Crippen LogP contribution in [-0.2, 0) is 41.6 Å². The molecule has 0 radical (unpaired) electrons. The van der Waals surface area contributed by atoms with E-state index in [1.165, 1.54) is 18.9 Å². The Labute approximate surface area is 262 Å². The van der Waals surface area contributed by atoms with E-state index in [2.05, 4.69) is 31.7 Å². The normalized spacial score (nSPS) is 22.9. The summed E-state index contributed by atoms with van der Waals surface area (Å²) in [7, 11) is 1.47. The molecule has 1 aromatic carbocycles. The molecule has 1 fully saturated rings.